The van der Waals surface area contributed by atoms with Crippen LogP contribution in [0.25, 0.3) is 0 Å². The molecular weight excluding hydrogens is 316 g/mol. The molecule has 6 heteroatoms. The van der Waals surface area contributed by atoms with Crippen LogP contribution in [0.2, 0.25) is 5.02 Å². The monoisotopic (exact) mass is 340 g/mol. The molecule has 1 aromatic carbocycles. The fraction of sp³-hybridized carbons (Fsp3) is 0.588. The molecular formula is C17H25ClN2O3. The Bertz CT molecular complexity index is 545. The fourth-order valence-electron chi connectivity index (χ4n) is 2.64. The first-order valence-electron chi connectivity index (χ1n) is 8.06. The third-order valence-corrected chi connectivity index (χ3v) is 4.40. The molecule has 23 heavy (non-hydrogen) atoms. The maximum absolute atomic E-state index is 12.7. The van der Waals surface area contributed by atoms with Gasteiger partial charge in [-0.05, 0) is 31.5 Å². The van der Waals surface area contributed by atoms with Crippen LogP contribution in [-0.4, -0.2) is 50.7 Å². The van der Waals surface area contributed by atoms with Gasteiger partial charge in [0, 0.05) is 25.2 Å². The summed E-state index contributed by atoms with van der Waals surface area (Å²) in [7, 11) is 3.38. The molecule has 0 aromatic heterocycles. The zero-order chi connectivity index (χ0) is 16.8. The van der Waals surface area contributed by atoms with Gasteiger partial charge < -0.3 is 19.7 Å². The first kappa shape index (κ1) is 17.9. The highest BCUT2D eigenvalue weighted by Gasteiger charge is 2.25. The summed E-state index contributed by atoms with van der Waals surface area (Å²) in [6.45, 7) is 4.44. The molecule has 1 heterocycles. The Morgan fingerprint density at radius 1 is 1.48 bits per heavy atom. The van der Waals surface area contributed by atoms with Gasteiger partial charge in [-0.1, -0.05) is 24.9 Å². The standard InChI is InChI=1S/C17H25ClN2O3/c1-4-5-8-23-16-14(18)9-12(10-15(16)22-3)17(21)20(2)13-6-7-19-11-13/h9-10,13,19H,4-8,11H2,1-3H3. The number of ether oxygens (including phenoxy) is 2. The minimum Gasteiger partial charge on any atom is -0.493 e. The summed E-state index contributed by atoms with van der Waals surface area (Å²) < 4.78 is 11.1. The number of hydrogen-bond acceptors (Lipinski definition) is 4. The van der Waals surface area contributed by atoms with Gasteiger partial charge in [-0.2, -0.15) is 0 Å². The van der Waals surface area contributed by atoms with E-state index in [1.165, 1.54) is 0 Å². The number of amides is 1. The molecule has 0 spiro atoms. The maximum atomic E-state index is 12.7. The van der Waals surface area contributed by atoms with E-state index in [0.29, 0.717) is 28.7 Å². The van der Waals surface area contributed by atoms with Crippen molar-refractivity contribution in [1.82, 2.24) is 10.2 Å². The molecule has 1 amide bonds. The Labute approximate surface area is 142 Å². The van der Waals surface area contributed by atoms with Crippen LogP contribution in [-0.2, 0) is 0 Å². The number of unbranched alkanes of at least 4 members (excludes halogenated alkanes) is 1. The van der Waals surface area contributed by atoms with Crippen molar-refractivity contribution in [2.75, 3.05) is 33.9 Å². The van der Waals surface area contributed by atoms with Crippen molar-refractivity contribution in [1.29, 1.82) is 0 Å². The second-order valence-electron chi connectivity index (χ2n) is 5.75. The van der Waals surface area contributed by atoms with Crippen molar-refractivity contribution >= 4 is 17.5 Å². The molecule has 1 aromatic rings. The molecule has 0 saturated carbocycles. The number of benzene rings is 1. The second kappa shape index (κ2) is 8.41. The quantitative estimate of drug-likeness (QED) is 0.775. The first-order chi connectivity index (χ1) is 11.1. The normalized spacial score (nSPS) is 17.1. The van der Waals surface area contributed by atoms with Crippen LogP contribution in [0.3, 0.4) is 0 Å². The molecule has 1 aliphatic heterocycles. The van der Waals surface area contributed by atoms with Crippen LogP contribution < -0.4 is 14.8 Å². The topological polar surface area (TPSA) is 50.8 Å². The van der Waals surface area contributed by atoms with E-state index < -0.39 is 0 Å². The lowest BCUT2D eigenvalue weighted by atomic mass is 10.1. The van der Waals surface area contributed by atoms with E-state index in [2.05, 4.69) is 12.2 Å². The van der Waals surface area contributed by atoms with Crippen LogP contribution in [0.1, 0.15) is 36.5 Å². The lowest BCUT2D eigenvalue weighted by Crippen LogP contribution is -2.38. The number of halogens is 1. The molecule has 1 fully saturated rings. The summed E-state index contributed by atoms with van der Waals surface area (Å²) >= 11 is 6.31. The zero-order valence-corrected chi connectivity index (χ0v) is 14.8. The van der Waals surface area contributed by atoms with Gasteiger partial charge in [-0.3, -0.25) is 4.79 Å². The number of rotatable bonds is 7. The van der Waals surface area contributed by atoms with Gasteiger partial charge in [0.2, 0.25) is 0 Å². The summed E-state index contributed by atoms with van der Waals surface area (Å²) in [5.41, 5.74) is 0.518. The number of methoxy groups -OCH3 is 1. The smallest absolute Gasteiger partial charge is 0.254 e. The summed E-state index contributed by atoms with van der Waals surface area (Å²) in [6, 6.07) is 3.58. The summed E-state index contributed by atoms with van der Waals surface area (Å²) in [4.78, 5) is 14.4. The first-order valence-corrected chi connectivity index (χ1v) is 8.44. The Kier molecular flexibility index (Phi) is 6.54. The SMILES string of the molecule is CCCCOc1c(Cl)cc(C(=O)N(C)C2CCNC2)cc1OC. The van der Waals surface area contributed by atoms with Crippen LogP contribution >= 0.6 is 11.6 Å². The van der Waals surface area contributed by atoms with Gasteiger partial charge in [0.1, 0.15) is 0 Å². The largest absolute Gasteiger partial charge is 0.493 e. The molecule has 2 rings (SSSR count). The van der Waals surface area contributed by atoms with E-state index >= 15 is 0 Å². The molecule has 5 nitrogen and oxygen atoms in total. The highest BCUT2D eigenvalue weighted by Crippen LogP contribution is 2.37. The molecule has 1 atom stereocenters. The fourth-order valence-corrected chi connectivity index (χ4v) is 2.91. The lowest BCUT2D eigenvalue weighted by Gasteiger charge is -2.24. The average molecular weight is 341 g/mol. The average Bonchev–Trinajstić information content (AvgIpc) is 3.09. The van der Waals surface area contributed by atoms with Crippen LogP contribution in [0, 0.1) is 0 Å². The number of likely N-dealkylation sites (N-methyl/N-ethyl adjacent to an activating group) is 1. The Hall–Kier alpha value is -1.46. The van der Waals surface area contributed by atoms with E-state index in [4.69, 9.17) is 21.1 Å². The van der Waals surface area contributed by atoms with E-state index in [1.807, 2.05) is 7.05 Å². The molecule has 1 aliphatic rings. The van der Waals surface area contributed by atoms with Crippen LogP contribution in [0.4, 0.5) is 0 Å². The van der Waals surface area contributed by atoms with Crippen molar-refractivity contribution in [3.05, 3.63) is 22.7 Å². The van der Waals surface area contributed by atoms with Gasteiger partial charge in [0.25, 0.3) is 5.91 Å². The minimum atomic E-state index is -0.0565. The number of nitrogens with zero attached hydrogens (tertiary/aromatic N) is 1. The van der Waals surface area contributed by atoms with Crippen LogP contribution in [0.5, 0.6) is 11.5 Å². The summed E-state index contributed by atoms with van der Waals surface area (Å²) in [6.07, 6.45) is 2.94. The zero-order valence-electron chi connectivity index (χ0n) is 14.0. The van der Waals surface area contributed by atoms with Gasteiger partial charge in [0.15, 0.2) is 11.5 Å². The van der Waals surface area contributed by atoms with E-state index in [1.54, 1.807) is 24.1 Å². The van der Waals surface area contributed by atoms with Gasteiger partial charge in [0.05, 0.1) is 18.7 Å². The van der Waals surface area contributed by atoms with Crippen molar-refractivity contribution in [3.8, 4) is 11.5 Å². The number of nitrogens with one attached hydrogen (secondary N) is 1. The second-order valence-corrected chi connectivity index (χ2v) is 6.16. The molecule has 0 radical (unpaired) electrons. The van der Waals surface area contributed by atoms with Crippen LogP contribution in [0.15, 0.2) is 12.1 Å². The molecule has 1 saturated heterocycles. The van der Waals surface area contributed by atoms with E-state index in [9.17, 15) is 4.79 Å². The van der Waals surface area contributed by atoms with Gasteiger partial charge in [-0.25, -0.2) is 0 Å². The van der Waals surface area contributed by atoms with E-state index in [-0.39, 0.29) is 11.9 Å². The minimum absolute atomic E-state index is 0.0565. The molecule has 1 unspecified atom stereocenters. The molecule has 1 N–H and O–H groups in total. The Morgan fingerprint density at radius 2 is 2.26 bits per heavy atom. The number of carbonyl (C=O) groups excluding carboxylic acids is 1. The van der Waals surface area contributed by atoms with Gasteiger partial charge in [-0.15, -0.1) is 0 Å². The third-order valence-electron chi connectivity index (χ3n) is 4.12. The van der Waals surface area contributed by atoms with Crippen molar-refractivity contribution in [2.24, 2.45) is 0 Å². The summed E-state index contributed by atoms with van der Waals surface area (Å²) in [5.74, 6) is 0.943. The molecule has 128 valence electrons. The van der Waals surface area contributed by atoms with Crippen molar-refractivity contribution in [2.45, 2.75) is 32.2 Å². The lowest BCUT2D eigenvalue weighted by molar-refractivity contribution is 0.0743. The maximum Gasteiger partial charge on any atom is 0.254 e. The predicted molar refractivity (Wildman–Crippen MR) is 91.8 cm³/mol. The number of carbonyl (C=O) groups is 1. The number of hydrogen-bond donors (Lipinski definition) is 1. The molecule has 0 aliphatic carbocycles. The van der Waals surface area contributed by atoms with E-state index in [0.717, 1.165) is 32.4 Å². The highest BCUT2D eigenvalue weighted by molar-refractivity contribution is 6.32. The van der Waals surface area contributed by atoms with Crippen molar-refractivity contribution < 1.29 is 14.3 Å². The third kappa shape index (κ3) is 4.30. The van der Waals surface area contributed by atoms with Gasteiger partial charge >= 0.3 is 0 Å². The summed E-state index contributed by atoms with van der Waals surface area (Å²) in [5, 5.41) is 3.67. The Morgan fingerprint density at radius 3 is 2.87 bits per heavy atom. The highest BCUT2D eigenvalue weighted by atomic mass is 35.5. The Balaban J connectivity index is 2.19. The predicted octanol–water partition coefficient (Wildman–Crippen LogP) is 2.96. The molecule has 0 bridgehead atoms. The van der Waals surface area contributed by atoms with Crippen molar-refractivity contribution in [3.63, 3.8) is 0 Å².